The molecule has 1 unspecified atom stereocenters. The normalized spacial score (nSPS) is 13.2. The van der Waals surface area contributed by atoms with Gasteiger partial charge in [0, 0.05) is 30.1 Å². The van der Waals surface area contributed by atoms with Crippen LogP contribution in [0.15, 0.2) is 67.1 Å². The van der Waals surface area contributed by atoms with Crippen LogP contribution in [0.1, 0.15) is 18.1 Å². The minimum atomic E-state index is -0.965. The van der Waals surface area contributed by atoms with Crippen LogP contribution < -0.4 is 10.6 Å². The molecule has 3 aromatic rings. The average Bonchev–Trinajstić information content (AvgIpc) is 3.07. The number of hydrogen-bond donors (Lipinski definition) is 5. The molecule has 1 atom stereocenters. The highest BCUT2D eigenvalue weighted by molar-refractivity contribution is 5.88. The molecule has 0 spiro atoms. The second-order valence-electron chi connectivity index (χ2n) is 7.14. The summed E-state index contributed by atoms with van der Waals surface area (Å²) in [6.45, 7) is 5.70. The van der Waals surface area contributed by atoms with E-state index in [0.29, 0.717) is 13.0 Å². The number of carbonyl (C=O) groups excluding carboxylic acids is 1. The molecule has 0 aliphatic rings. The van der Waals surface area contributed by atoms with Gasteiger partial charge in [0.2, 0.25) is 5.91 Å². The molecule has 0 aliphatic heterocycles. The number of hydrogen-bond acceptors (Lipinski definition) is 4. The van der Waals surface area contributed by atoms with E-state index in [1.807, 2.05) is 36.5 Å². The second-order valence-corrected chi connectivity index (χ2v) is 7.14. The zero-order valence-electron chi connectivity index (χ0n) is 15.8. The molecule has 0 fully saturated rings. The van der Waals surface area contributed by atoms with Gasteiger partial charge in [0.1, 0.15) is 5.75 Å². The van der Waals surface area contributed by atoms with E-state index in [-0.39, 0.29) is 24.0 Å². The minimum Gasteiger partial charge on any atom is -0.512 e. The Kier molecular flexibility index (Phi) is 5.70. The Balaban J connectivity index is 1.79. The second kappa shape index (κ2) is 8.19. The molecule has 1 heterocycles. The van der Waals surface area contributed by atoms with Crippen LogP contribution in [0.3, 0.4) is 0 Å². The van der Waals surface area contributed by atoms with Crippen molar-refractivity contribution in [2.75, 3.05) is 6.54 Å². The molecule has 6 heteroatoms. The Morgan fingerprint density at radius 1 is 1.21 bits per heavy atom. The predicted molar refractivity (Wildman–Crippen MR) is 110 cm³/mol. The lowest BCUT2D eigenvalue weighted by Crippen LogP contribution is -2.56. The van der Waals surface area contributed by atoms with Gasteiger partial charge in [-0.1, -0.05) is 36.9 Å². The number of phenols is 1. The van der Waals surface area contributed by atoms with E-state index in [2.05, 4.69) is 22.2 Å². The third-order valence-electron chi connectivity index (χ3n) is 4.77. The summed E-state index contributed by atoms with van der Waals surface area (Å²) in [6.07, 6.45) is 2.33. The monoisotopic (exact) mass is 379 g/mol. The van der Waals surface area contributed by atoms with Crippen molar-refractivity contribution < 1.29 is 15.0 Å². The maximum atomic E-state index is 13.0. The van der Waals surface area contributed by atoms with E-state index in [1.165, 1.54) is 0 Å². The Morgan fingerprint density at radius 3 is 2.75 bits per heavy atom. The maximum Gasteiger partial charge on any atom is 0.240 e. The maximum absolute atomic E-state index is 13.0. The van der Waals surface area contributed by atoms with Gasteiger partial charge in [-0.05, 0) is 36.2 Å². The summed E-state index contributed by atoms with van der Waals surface area (Å²) in [5, 5.41) is 26.2. The van der Waals surface area contributed by atoms with Crippen molar-refractivity contribution in [1.29, 1.82) is 0 Å². The lowest BCUT2D eigenvalue weighted by molar-refractivity contribution is -0.127. The standard InChI is InChI=1S/C22H25N3O3/c1-15(26)12-25-22(2,11-17-14-23-20-9-4-3-8-19(17)20)21(28)24-13-16-6-5-7-18(27)10-16/h3-10,14,23,25-27H,1,11-13H2,2H3,(H,24,28). The lowest BCUT2D eigenvalue weighted by Gasteiger charge is -2.29. The first-order chi connectivity index (χ1) is 13.4. The summed E-state index contributed by atoms with van der Waals surface area (Å²) in [6, 6.07) is 14.7. The van der Waals surface area contributed by atoms with Crippen LogP contribution in [0.2, 0.25) is 0 Å². The summed E-state index contributed by atoms with van der Waals surface area (Å²) in [5.41, 5.74) is 1.84. The van der Waals surface area contributed by atoms with Gasteiger partial charge in [-0.25, -0.2) is 0 Å². The third-order valence-corrected chi connectivity index (χ3v) is 4.77. The molecule has 2 aromatic carbocycles. The zero-order chi connectivity index (χ0) is 20.1. The first kappa shape index (κ1) is 19.5. The number of amides is 1. The topological polar surface area (TPSA) is 97.4 Å². The first-order valence-electron chi connectivity index (χ1n) is 9.10. The van der Waals surface area contributed by atoms with Gasteiger partial charge < -0.3 is 20.5 Å². The Bertz CT molecular complexity index is 995. The molecule has 3 rings (SSSR count). The molecule has 1 aromatic heterocycles. The molecule has 28 heavy (non-hydrogen) atoms. The number of benzene rings is 2. The van der Waals surface area contributed by atoms with Crippen molar-refractivity contribution in [3.63, 3.8) is 0 Å². The van der Waals surface area contributed by atoms with E-state index in [9.17, 15) is 15.0 Å². The van der Waals surface area contributed by atoms with Gasteiger partial charge in [-0.2, -0.15) is 0 Å². The Hall–Kier alpha value is -3.25. The van der Waals surface area contributed by atoms with Gasteiger partial charge in [-0.15, -0.1) is 0 Å². The van der Waals surface area contributed by atoms with Crippen LogP contribution in [0, 0.1) is 0 Å². The molecule has 0 aliphatic carbocycles. The van der Waals surface area contributed by atoms with E-state index in [1.54, 1.807) is 25.1 Å². The molecular weight excluding hydrogens is 354 g/mol. The summed E-state index contributed by atoms with van der Waals surface area (Å²) in [4.78, 5) is 16.3. The van der Waals surface area contributed by atoms with Crippen LogP contribution in [0.4, 0.5) is 0 Å². The number of aliphatic hydroxyl groups is 1. The number of aromatic amines is 1. The van der Waals surface area contributed by atoms with Crippen molar-refractivity contribution in [2.45, 2.75) is 25.4 Å². The number of rotatable bonds is 8. The molecule has 6 nitrogen and oxygen atoms in total. The van der Waals surface area contributed by atoms with Gasteiger partial charge >= 0.3 is 0 Å². The smallest absolute Gasteiger partial charge is 0.240 e. The summed E-state index contributed by atoms with van der Waals surface area (Å²) < 4.78 is 0. The van der Waals surface area contributed by atoms with Crippen LogP contribution in [-0.4, -0.2) is 33.2 Å². The van der Waals surface area contributed by atoms with E-state index in [4.69, 9.17) is 0 Å². The zero-order valence-corrected chi connectivity index (χ0v) is 15.8. The molecule has 1 amide bonds. The third kappa shape index (κ3) is 4.53. The van der Waals surface area contributed by atoms with Crippen LogP contribution >= 0.6 is 0 Å². The fourth-order valence-electron chi connectivity index (χ4n) is 3.22. The highest BCUT2D eigenvalue weighted by atomic mass is 16.3. The lowest BCUT2D eigenvalue weighted by atomic mass is 9.91. The number of aromatic hydroxyl groups is 1. The number of para-hydroxylation sites is 1. The number of nitrogens with one attached hydrogen (secondary N) is 3. The largest absolute Gasteiger partial charge is 0.512 e. The molecule has 0 saturated carbocycles. The van der Waals surface area contributed by atoms with E-state index < -0.39 is 5.54 Å². The highest BCUT2D eigenvalue weighted by Crippen LogP contribution is 2.23. The van der Waals surface area contributed by atoms with Crippen molar-refractivity contribution in [3.8, 4) is 5.75 Å². The molecule has 0 bridgehead atoms. The van der Waals surface area contributed by atoms with Gasteiger partial charge in [-0.3, -0.25) is 10.1 Å². The summed E-state index contributed by atoms with van der Waals surface area (Å²) in [7, 11) is 0. The van der Waals surface area contributed by atoms with Crippen molar-refractivity contribution in [1.82, 2.24) is 15.6 Å². The molecule has 0 radical (unpaired) electrons. The minimum absolute atomic E-state index is 0.0362. The van der Waals surface area contributed by atoms with Crippen LogP contribution in [-0.2, 0) is 17.8 Å². The van der Waals surface area contributed by atoms with Crippen LogP contribution in [0.5, 0.6) is 5.75 Å². The summed E-state index contributed by atoms with van der Waals surface area (Å²) >= 11 is 0. The molecule has 5 N–H and O–H groups in total. The van der Waals surface area contributed by atoms with Crippen molar-refractivity contribution >= 4 is 16.8 Å². The quantitative estimate of drug-likeness (QED) is 0.388. The van der Waals surface area contributed by atoms with Crippen molar-refractivity contribution in [3.05, 3.63) is 78.2 Å². The predicted octanol–water partition coefficient (Wildman–Crippen LogP) is 3.15. The van der Waals surface area contributed by atoms with Gasteiger partial charge in [0.25, 0.3) is 0 Å². The number of carbonyl (C=O) groups is 1. The number of aliphatic hydroxyl groups excluding tert-OH is 1. The fourth-order valence-corrected chi connectivity index (χ4v) is 3.22. The van der Waals surface area contributed by atoms with Crippen LogP contribution in [0.25, 0.3) is 10.9 Å². The fraction of sp³-hybridized carbons (Fsp3) is 0.227. The SMILES string of the molecule is C=C(O)CNC(C)(Cc1c[nH]c2ccccc12)C(=O)NCc1cccc(O)c1. The molecular formula is C22H25N3O3. The number of fused-ring (bicyclic) bond motifs is 1. The van der Waals surface area contributed by atoms with Crippen molar-refractivity contribution in [2.24, 2.45) is 0 Å². The number of H-pyrrole nitrogens is 1. The number of phenolic OH excluding ortho intramolecular Hbond substituents is 1. The molecule has 146 valence electrons. The summed E-state index contributed by atoms with van der Waals surface area (Å²) in [5.74, 6) is -0.0867. The Labute approximate surface area is 163 Å². The van der Waals surface area contributed by atoms with Gasteiger partial charge in [0.15, 0.2) is 0 Å². The first-order valence-corrected chi connectivity index (χ1v) is 9.10. The number of aromatic nitrogens is 1. The van der Waals surface area contributed by atoms with E-state index in [0.717, 1.165) is 22.0 Å². The highest BCUT2D eigenvalue weighted by Gasteiger charge is 2.33. The Morgan fingerprint density at radius 2 is 2.00 bits per heavy atom. The van der Waals surface area contributed by atoms with Gasteiger partial charge in [0.05, 0.1) is 17.8 Å². The average molecular weight is 379 g/mol. The molecule has 0 saturated heterocycles. The van der Waals surface area contributed by atoms with E-state index >= 15 is 0 Å².